The van der Waals surface area contributed by atoms with Gasteiger partial charge < -0.3 is 14.4 Å². The van der Waals surface area contributed by atoms with Gasteiger partial charge in [-0.15, -0.1) is 0 Å². The minimum atomic E-state index is -1.03. The summed E-state index contributed by atoms with van der Waals surface area (Å²) in [5, 5.41) is 10.4. The topological polar surface area (TPSA) is 40.1 Å². The standard InChI is InChI=1S/C16H36N.C9H10O2/c1-5-9-13-17(14-10-6-2,15-11-7-3)16-12-8-4;1-7(9(10)11)8-5-3-2-4-6-8/h5-16H2,1-4H3;2-7H,1H3,(H,10,11)/q+1;/p-1. The predicted octanol–water partition coefficient (Wildman–Crippen LogP) is 5.54. The van der Waals surface area contributed by atoms with Crippen LogP contribution in [0, 0.1) is 0 Å². The largest absolute Gasteiger partial charge is 0.550 e. The third-order valence-corrected chi connectivity index (χ3v) is 5.60. The molecule has 3 heteroatoms. The summed E-state index contributed by atoms with van der Waals surface area (Å²) in [7, 11) is 0. The van der Waals surface area contributed by atoms with Crippen molar-refractivity contribution >= 4 is 5.97 Å². The van der Waals surface area contributed by atoms with E-state index in [0.29, 0.717) is 0 Å². The summed E-state index contributed by atoms with van der Waals surface area (Å²) in [5.74, 6) is -1.55. The smallest absolute Gasteiger partial charge is 0.0786 e. The molecular formula is C25H45NO2. The molecule has 1 atom stereocenters. The Labute approximate surface area is 174 Å². The van der Waals surface area contributed by atoms with Crippen LogP contribution in [0.4, 0.5) is 0 Å². The number of rotatable bonds is 14. The van der Waals surface area contributed by atoms with Crippen molar-refractivity contribution < 1.29 is 14.4 Å². The lowest BCUT2D eigenvalue weighted by molar-refractivity contribution is -0.929. The molecule has 0 spiro atoms. The number of hydrogen-bond acceptors (Lipinski definition) is 2. The van der Waals surface area contributed by atoms with Crippen molar-refractivity contribution in [3.8, 4) is 0 Å². The number of aliphatic carboxylic acids is 1. The second kappa shape index (κ2) is 16.6. The maximum atomic E-state index is 10.4. The number of benzene rings is 1. The second-order valence-electron chi connectivity index (χ2n) is 8.10. The molecule has 28 heavy (non-hydrogen) atoms. The third kappa shape index (κ3) is 11.5. The normalized spacial score (nSPS) is 12.2. The van der Waals surface area contributed by atoms with Gasteiger partial charge >= 0.3 is 0 Å². The molecule has 1 rings (SSSR count). The summed E-state index contributed by atoms with van der Waals surface area (Å²) in [6.07, 6.45) is 11.1. The second-order valence-corrected chi connectivity index (χ2v) is 8.10. The molecule has 0 aliphatic carbocycles. The molecule has 0 N–H and O–H groups in total. The van der Waals surface area contributed by atoms with Crippen LogP contribution in [0.1, 0.15) is 97.5 Å². The van der Waals surface area contributed by atoms with E-state index < -0.39 is 11.9 Å². The van der Waals surface area contributed by atoms with E-state index in [2.05, 4.69) is 27.7 Å². The van der Waals surface area contributed by atoms with Gasteiger partial charge in [-0.3, -0.25) is 0 Å². The molecule has 0 heterocycles. The van der Waals surface area contributed by atoms with E-state index >= 15 is 0 Å². The summed E-state index contributed by atoms with van der Waals surface area (Å²) in [4.78, 5) is 10.4. The van der Waals surface area contributed by atoms with Gasteiger partial charge in [-0.05, 0) is 31.2 Å². The van der Waals surface area contributed by atoms with E-state index in [1.165, 1.54) is 82.0 Å². The van der Waals surface area contributed by atoms with E-state index in [1.54, 1.807) is 19.1 Å². The van der Waals surface area contributed by atoms with Gasteiger partial charge in [0.25, 0.3) is 0 Å². The number of nitrogens with zero attached hydrogens (tertiary/aromatic N) is 1. The Bertz CT molecular complexity index is 449. The van der Waals surface area contributed by atoms with Gasteiger partial charge in [0, 0.05) is 11.9 Å². The van der Waals surface area contributed by atoms with Gasteiger partial charge in [-0.25, -0.2) is 0 Å². The van der Waals surface area contributed by atoms with Crippen LogP contribution in [-0.4, -0.2) is 36.6 Å². The van der Waals surface area contributed by atoms with Gasteiger partial charge in [0.1, 0.15) is 0 Å². The molecule has 0 amide bonds. The van der Waals surface area contributed by atoms with E-state index in [1.807, 2.05) is 18.2 Å². The maximum Gasteiger partial charge on any atom is 0.0786 e. The number of hydrogen-bond donors (Lipinski definition) is 0. The molecule has 0 aliphatic heterocycles. The molecule has 0 radical (unpaired) electrons. The molecule has 0 saturated carbocycles. The van der Waals surface area contributed by atoms with Gasteiger partial charge in [0.15, 0.2) is 0 Å². The zero-order valence-electron chi connectivity index (χ0n) is 19.2. The number of carboxylic acid groups (broad SMARTS) is 1. The predicted molar refractivity (Wildman–Crippen MR) is 119 cm³/mol. The summed E-state index contributed by atoms with van der Waals surface area (Å²) in [6.45, 7) is 16.6. The van der Waals surface area contributed by atoms with E-state index in [9.17, 15) is 9.90 Å². The first-order valence-electron chi connectivity index (χ1n) is 11.6. The lowest BCUT2D eigenvalue weighted by atomic mass is 10.0. The summed E-state index contributed by atoms with van der Waals surface area (Å²) in [6, 6.07) is 9.04. The molecule has 3 nitrogen and oxygen atoms in total. The Balaban J connectivity index is 0.000000567. The van der Waals surface area contributed by atoms with Crippen LogP contribution in [0.2, 0.25) is 0 Å². The van der Waals surface area contributed by atoms with E-state index in [0.717, 1.165) is 5.56 Å². The van der Waals surface area contributed by atoms with Crippen LogP contribution in [-0.2, 0) is 4.79 Å². The Hall–Kier alpha value is -1.35. The molecule has 1 unspecified atom stereocenters. The molecule has 0 saturated heterocycles. The molecule has 0 bridgehead atoms. The van der Waals surface area contributed by atoms with Gasteiger partial charge in [-0.2, -0.15) is 0 Å². The molecule has 0 aromatic heterocycles. The molecule has 162 valence electrons. The Kier molecular flexibility index (Phi) is 15.8. The first-order chi connectivity index (χ1) is 13.5. The SMILES string of the molecule is CC(C(=O)[O-])c1ccccc1.CCCC[N+](CCCC)(CCCC)CCCC. The Morgan fingerprint density at radius 3 is 1.43 bits per heavy atom. The van der Waals surface area contributed by atoms with Crippen molar-refractivity contribution in [2.24, 2.45) is 0 Å². The highest BCUT2D eigenvalue weighted by Gasteiger charge is 2.24. The summed E-state index contributed by atoms with van der Waals surface area (Å²) in [5.41, 5.74) is 0.785. The fraction of sp³-hybridized carbons (Fsp3) is 0.720. The number of unbranched alkanes of at least 4 members (excludes halogenated alkanes) is 4. The van der Waals surface area contributed by atoms with Gasteiger partial charge in [0.2, 0.25) is 0 Å². The molecule has 0 aliphatic rings. The van der Waals surface area contributed by atoms with Gasteiger partial charge in [-0.1, -0.05) is 90.6 Å². The monoisotopic (exact) mass is 391 g/mol. The minimum absolute atomic E-state index is 0.517. The highest BCUT2D eigenvalue weighted by molar-refractivity contribution is 5.73. The fourth-order valence-corrected chi connectivity index (χ4v) is 3.52. The number of quaternary nitrogens is 1. The average molecular weight is 392 g/mol. The highest BCUT2D eigenvalue weighted by Crippen LogP contribution is 2.16. The van der Waals surface area contributed by atoms with E-state index in [4.69, 9.17) is 0 Å². The Morgan fingerprint density at radius 1 is 0.786 bits per heavy atom. The first-order valence-corrected chi connectivity index (χ1v) is 11.6. The van der Waals surface area contributed by atoms with Crippen molar-refractivity contribution in [2.75, 3.05) is 26.2 Å². The highest BCUT2D eigenvalue weighted by atomic mass is 16.4. The minimum Gasteiger partial charge on any atom is -0.550 e. The maximum absolute atomic E-state index is 10.4. The molecular weight excluding hydrogens is 346 g/mol. The van der Waals surface area contributed by atoms with E-state index in [-0.39, 0.29) is 0 Å². The van der Waals surface area contributed by atoms with Crippen LogP contribution in [0.3, 0.4) is 0 Å². The van der Waals surface area contributed by atoms with Crippen molar-refractivity contribution in [2.45, 2.75) is 91.9 Å². The van der Waals surface area contributed by atoms with Gasteiger partial charge in [0.05, 0.1) is 26.2 Å². The van der Waals surface area contributed by atoms with Crippen LogP contribution >= 0.6 is 0 Å². The van der Waals surface area contributed by atoms with Crippen LogP contribution in [0.15, 0.2) is 30.3 Å². The fourth-order valence-electron chi connectivity index (χ4n) is 3.52. The van der Waals surface area contributed by atoms with Crippen LogP contribution in [0.25, 0.3) is 0 Å². The van der Waals surface area contributed by atoms with Crippen LogP contribution in [0.5, 0.6) is 0 Å². The zero-order chi connectivity index (χ0) is 21.3. The molecule has 0 fully saturated rings. The quantitative estimate of drug-likeness (QED) is 0.390. The zero-order valence-corrected chi connectivity index (χ0v) is 19.2. The summed E-state index contributed by atoms with van der Waals surface area (Å²) < 4.78 is 1.42. The third-order valence-electron chi connectivity index (χ3n) is 5.60. The van der Waals surface area contributed by atoms with Crippen molar-refractivity contribution in [3.63, 3.8) is 0 Å². The van der Waals surface area contributed by atoms with Crippen LogP contribution < -0.4 is 5.11 Å². The number of carboxylic acids is 1. The average Bonchev–Trinajstić information content (AvgIpc) is 2.73. The van der Waals surface area contributed by atoms with Crippen molar-refractivity contribution in [3.05, 3.63) is 35.9 Å². The first kappa shape index (κ1) is 26.6. The number of carbonyl (C=O) groups excluding carboxylic acids is 1. The lowest BCUT2D eigenvalue weighted by Crippen LogP contribution is -2.50. The van der Waals surface area contributed by atoms with Crippen molar-refractivity contribution in [1.29, 1.82) is 0 Å². The number of carbonyl (C=O) groups is 1. The lowest BCUT2D eigenvalue weighted by Gasteiger charge is -2.39. The molecule has 1 aromatic carbocycles. The Morgan fingerprint density at radius 2 is 1.14 bits per heavy atom. The molecule has 1 aromatic rings. The summed E-state index contributed by atoms with van der Waals surface area (Å²) >= 11 is 0. The van der Waals surface area contributed by atoms with Crippen molar-refractivity contribution in [1.82, 2.24) is 0 Å².